The fourth-order valence-electron chi connectivity index (χ4n) is 1.41. The summed E-state index contributed by atoms with van der Waals surface area (Å²) in [6.07, 6.45) is 0.350. The number of aliphatic hydroxyl groups is 1. The Bertz CT molecular complexity index is 459. The lowest BCUT2D eigenvalue weighted by Gasteiger charge is -2.05. The van der Waals surface area contributed by atoms with Crippen molar-refractivity contribution < 1.29 is 19.4 Å². The highest BCUT2D eigenvalue weighted by atomic mass is 16.5. The molecule has 1 aromatic carbocycles. The van der Waals surface area contributed by atoms with Crippen LogP contribution in [0.3, 0.4) is 0 Å². The number of rotatable bonds is 1. The lowest BCUT2D eigenvalue weighted by molar-refractivity contribution is -0.119. The van der Waals surface area contributed by atoms with Crippen molar-refractivity contribution in [3.63, 3.8) is 0 Å². The Balaban J connectivity index is 2.65. The van der Waals surface area contributed by atoms with Gasteiger partial charge in [0.15, 0.2) is 12.9 Å². The van der Waals surface area contributed by atoms with Crippen molar-refractivity contribution >= 4 is 17.8 Å². The summed E-state index contributed by atoms with van der Waals surface area (Å²) in [5.74, 6) is -0.429. The molecule has 0 bridgehead atoms. The Morgan fingerprint density at radius 2 is 2.07 bits per heavy atom. The summed E-state index contributed by atoms with van der Waals surface area (Å²) in [5.41, 5.74) is 0.130. The molecule has 0 saturated carbocycles. The topological polar surface area (TPSA) is 63.6 Å². The smallest absolute Gasteiger partial charge is 0.207 e. The van der Waals surface area contributed by atoms with Gasteiger partial charge in [0.25, 0.3) is 0 Å². The van der Waals surface area contributed by atoms with Crippen molar-refractivity contribution in [2.45, 2.75) is 0 Å². The van der Waals surface area contributed by atoms with E-state index in [1.54, 1.807) is 24.3 Å². The first-order chi connectivity index (χ1) is 7.24. The molecule has 1 aromatic rings. The minimum absolute atomic E-state index is 0.227. The van der Waals surface area contributed by atoms with E-state index >= 15 is 0 Å². The molecular formula is C11H8O4. The third kappa shape index (κ3) is 1.50. The van der Waals surface area contributed by atoms with Gasteiger partial charge in [0.05, 0.1) is 5.56 Å². The zero-order valence-electron chi connectivity index (χ0n) is 7.77. The van der Waals surface area contributed by atoms with Crippen molar-refractivity contribution in [1.29, 1.82) is 0 Å². The van der Waals surface area contributed by atoms with Crippen molar-refractivity contribution in [3.8, 4) is 5.75 Å². The van der Waals surface area contributed by atoms with Crippen LogP contribution >= 0.6 is 0 Å². The molecule has 4 heteroatoms. The van der Waals surface area contributed by atoms with E-state index in [4.69, 9.17) is 4.74 Å². The number of para-hydroxylation sites is 1. The number of ether oxygens (including phenoxy) is 1. The van der Waals surface area contributed by atoms with Gasteiger partial charge in [0.1, 0.15) is 17.1 Å². The molecular weight excluding hydrogens is 196 g/mol. The first kappa shape index (κ1) is 9.45. The maximum atomic E-state index is 11.4. The van der Waals surface area contributed by atoms with Crippen LogP contribution in [0.1, 0.15) is 5.56 Å². The molecule has 0 amide bonds. The van der Waals surface area contributed by atoms with E-state index in [2.05, 4.69) is 0 Å². The maximum absolute atomic E-state index is 11.4. The number of carbonyl (C=O) groups excluding carboxylic acids is 2. The normalized spacial score (nSPS) is 15.3. The molecule has 15 heavy (non-hydrogen) atoms. The van der Waals surface area contributed by atoms with E-state index in [9.17, 15) is 14.7 Å². The molecule has 1 N–H and O–H groups in total. The summed E-state index contributed by atoms with van der Waals surface area (Å²) < 4.78 is 5.15. The van der Waals surface area contributed by atoms with Crippen LogP contribution in [0.25, 0.3) is 5.76 Å². The van der Waals surface area contributed by atoms with Gasteiger partial charge in [-0.2, -0.15) is 0 Å². The minimum atomic E-state index is -0.515. The van der Waals surface area contributed by atoms with Gasteiger partial charge in [0.2, 0.25) is 5.78 Å². The molecule has 0 fully saturated rings. The summed E-state index contributed by atoms with van der Waals surface area (Å²) in [7, 11) is 0. The number of carbonyl (C=O) groups is 2. The largest absolute Gasteiger partial charge is 0.506 e. The zero-order chi connectivity index (χ0) is 10.8. The van der Waals surface area contributed by atoms with Gasteiger partial charge >= 0.3 is 0 Å². The SMILES string of the molecule is O=CC1=C(O)c2ccccc2OCC1=O. The van der Waals surface area contributed by atoms with Gasteiger partial charge in [0, 0.05) is 0 Å². The Labute approximate surface area is 85.8 Å². The monoisotopic (exact) mass is 204 g/mol. The number of aliphatic hydroxyl groups excluding tert-OH is 1. The average molecular weight is 204 g/mol. The van der Waals surface area contributed by atoms with Gasteiger partial charge in [-0.1, -0.05) is 12.1 Å². The molecule has 0 spiro atoms. The quantitative estimate of drug-likeness (QED) is 0.550. The van der Waals surface area contributed by atoms with Crippen LogP contribution < -0.4 is 4.74 Å². The third-order valence-electron chi connectivity index (χ3n) is 2.17. The Morgan fingerprint density at radius 3 is 2.80 bits per heavy atom. The molecule has 4 nitrogen and oxygen atoms in total. The molecule has 76 valence electrons. The summed E-state index contributed by atoms with van der Waals surface area (Å²) in [6.45, 7) is -0.227. The number of hydrogen-bond donors (Lipinski definition) is 1. The predicted octanol–water partition coefficient (Wildman–Crippen LogP) is 1.12. The van der Waals surface area contributed by atoms with E-state index in [0.717, 1.165) is 0 Å². The number of Topliss-reactive ketones (excluding diaryl/α,β-unsaturated/α-hetero) is 1. The van der Waals surface area contributed by atoms with E-state index < -0.39 is 5.78 Å². The van der Waals surface area contributed by atoms with E-state index in [1.165, 1.54) is 0 Å². The molecule has 0 unspecified atom stereocenters. The average Bonchev–Trinajstić information content (AvgIpc) is 2.38. The lowest BCUT2D eigenvalue weighted by Crippen LogP contribution is -2.13. The highest BCUT2D eigenvalue weighted by Gasteiger charge is 2.22. The number of hydrogen-bond acceptors (Lipinski definition) is 4. The molecule has 0 aliphatic carbocycles. The van der Waals surface area contributed by atoms with Crippen molar-refractivity contribution in [2.24, 2.45) is 0 Å². The van der Waals surface area contributed by atoms with E-state index in [0.29, 0.717) is 17.6 Å². The molecule has 0 atom stereocenters. The molecule has 2 rings (SSSR count). The van der Waals surface area contributed by atoms with Crippen LogP contribution in [-0.4, -0.2) is 23.8 Å². The van der Waals surface area contributed by atoms with Crippen molar-refractivity contribution in [2.75, 3.05) is 6.61 Å². The number of fused-ring (bicyclic) bond motifs is 1. The standard InChI is InChI=1S/C11H8O4/c12-5-8-9(13)6-15-10-4-2-1-3-7(10)11(8)14/h1-5,14H,6H2. The molecule has 1 heterocycles. The number of ketones is 1. The predicted molar refractivity (Wildman–Crippen MR) is 52.6 cm³/mol. The van der Waals surface area contributed by atoms with Crippen LogP contribution in [0.5, 0.6) is 5.75 Å². The fourth-order valence-corrected chi connectivity index (χ4v) is 1.41. The van der Waals surface area contributed by atoms with Gasteiger partial charge in [-0.15, -0.1) is 0 Å². The number of aldehydes is 1. The lowest BCUT2D eigenvalue weighted by atomic mass is 10.1. The van der Waals surface area contributed by atoms with Crippen LogP contribution in [0.2, 0.25) is 0 Å². The Morgan fingerprint density at radius 1 is 1.33 bits per heavy atom. The van der Waals surface area contributed by atoms with Crippen molar-refractivity contribution in [3.05, 3.63) is 35.4 Å². The van der Waals surface area contributed by atoms with Gasteiger partial charge in [-0.3, -0.25) is 9.59 Å². The summed E-state index contributed by atoms with van der Waals surface area (Å²) in [6, 6.07) is 6.64. The highest BCUT2D eigenvalue weighted by Crippen LogP contribution is 2.28. The van der Waals surface area contributed by atoms with Crippen molar-refractivity contribution in [1.82, 2.24) is 0 Å². The van der Waals surface area contributed by atoms with E-state index in [-0.39, 0.29) is 17.9 Å². The summed E-state index contributed by atoms with van der Waals surface area (Å²) in [5, 5.41) is 9.72. The van der Waals surface area contributed by atoms with Crippen LogP contribution in [0.15, 0.2) is 29.8 Å². The third-order valence-corrected chi connectivity index (χ3v) is 2.17. The molecule has 0 saturated heterocycles. The Hall–Kier alpha value is -2.10. The molecule has 0 radical (unpaired) electrons. The molecule has 1 aliphatic heterocycles. The molecule has 1 aliphatic rings. The van der Waals surface area contributed by atoms with Gasteiger partial charge in [-0.25, -0.2) is 0 Å². The summed E-state index contributed by atoms with van der Waals surface area (Å²) in [4.78, 5) is 22.0. The minimum Gasteiger partial charge on any atom is -0.506 e. The van der Waals surface area contributed by atoms with Gasteiger partial charge in [-0.05, 0) is 12.1 Å². The second-order valence-electron chi connectivity index (χ2n) is 3.09. The number of benzene rings is 1. The maximum Gasteiger partial charge on any atom is 0.207 e. The highest BCUT2D eigenvalue weighted by molar-refractivity contribution is 6.18. The summed E-state index contributed by atoms with van der Waals surface area (Å²) >= 11 is 0. The second kappa shape index (κ2) is 3.57. The second-order valence-corrected chi connectivity index (χ2v) is 3.09. The van der Waals surface area contributed by atoms with Gasteiger partial charge < -0.3 is 9.84 Å². The fraction of sp³-hybridized carbons (Fsp3) is 0.0909. The van der Waals surface area contributed by atoms with Crippen LogP contribution in [0, 0.1) is 0 Å². The molecule has 0 aromatic heterocycles. The first-order valence-electron chi connectivity index (χ1n) is 4.38. The zero-order valence-corrected chi connectivity index (χ0v) is 7.77. The first-order valence-corrected chi connectivity index (χ1v) is 4.38. The van der Waals surface area contributed by atoms with Crippen LogP contribution in [0.4, 0.5) is 0 Å². The van der Waals surface area contributed by atoms with E-state index in [1.807, 2.05) is 0 Å². The Kier molecular flexibility index (Phi) is 2.25. The van der Waals surface area contributed by atoms with Crippen LogP contribution in [-0.2, 0) is 9.59 Å².